The fourth-order valence-corrected chi connectivity index (χ4v) is 1.50. The van der Waals surface area contributed by atoms with Crippen molar-refractivity contribution in [3.8, 4) is 0 Å². The van der Waals surface area contributed by atoms with Crippen LogP contribution in [-0.2, 0) is 4.74 Å². The summed E-state index contributed by atoms with van der Waals surface area (Å²) in [4.78, 5) is 11.3. The van der Waals surface area contributed by atoms with Crippen LogP contribution in [0.3, 0.4) is 0 Å². The SMILES string of the molecule is C=Cc1cc(C(=O)OC)cc2occc12. The van der Waals surface area contributed by atoms with E-state index >= 15 is 0 Å². The van der Waals surface area contributed by atoms with Gasteiger partial charge in [-0.2, -0.15) is 0 Å². The molecule has 2 rings (SSSR count). The summed E-state index contributed by atoms with van der Waals surface area (Å²) in [6.07, 6.45) is 3.27. The molecule has 1 aromatic heterocycles. The molecule has 1 heterocycles. The van der Waals surface area contributed by atoms with E-state index < -0.39 is 0 Å². The van der Waals surface area contributed by atoms with Gasteiger partial charge in [-0.3, -0.25) is 0 Å². The van der Waals surface area contributed by atoms with Gasteiger partial charge in [0, 0.05) is 5.39 Å². The van der Waals surface area contributed by atoms with Gasteiger partial charge in [-0.1, -0.05) is 12.7 Å². The summed E-state index contributed by atoms with van der Waals surface area (Å²) >= 11 is 0. The highest BCUT2D eigenvalue weighted by atomic mass is 16.5. The normalized spacial score (nSPS) is 10.2. The van der Waals surface area contributed by atoms with Gasteiger partial charge in [0.15, 0.2) is 0 Å². The van der Waals surface area contributed by atoms with Crippen LogP contribution in [0.25, 0.3) is 17.0 Å². The quantitative estimate of drug-likeness (QED) is 0.703. The second-order valence-corrected chi connectivity index (χ2v) is 3.09. The van der Waals surface area contributed by atoms with Crippen molar-refractivity contribution >= 4 is 23.0 Å². The lowest BCUT2D eigenvalue weighted by Crippen LogP contribution is -2.01. The number of hydrogen-bond donors (Lipinski definition) is 0. The van der Waals surface area contributed by atoms with Crippen LogP contribution in [0.15, 0.2) is 35.5 Å². The molecule has 0 spiro atoms. The van der Waals surface area contributed by atoms with Gasteiger partial charge < -0.3 is 9.15 Å². The third kappa shape index (κ3) is 1.52. The molecule has 0 bridgehead atoms. The molecule has 0 amide bonds. The monoisotopic (exact) mass is 202 g/mol. The topological polar surface area (TPSA) is 39.4 Å². The molecule has 0 N–H and O–H groups in total. The predicted octanol–water partition coefficient (Wildman–Crippen LogP) is 2.86. The first kappa shape index (κ1) is 9.52. The van der Waals surface area contributed by atoms with Gasteiger partial charge >= 0.3 is 5.97 Å². The number of esters is 1. The molecule has 3 nitrogen and oxygen atoms in total. The minimum Gasteiger partial charge on any atom is -0.465 e. The van der Waals surface area contributed by atoms with E-state index in [0.717, 1.165) is 10.9 Å². The van der Waals surface area contributed by atoms with Crippen molar-refractivity contribution in [2.75, 3.05) is 7.11 Å². The van der Waals surface area contributed by atoms with Crippen molar-refractivity contribution in [2.24, 2.45) is 0 Å². The third-order valence-electron chi connectivity index (χ3n) is 2.24. The number of rotatable bonds is 2. The molecule has 0 fully saturated rings. The molecule has 0 radical (unpaired) electrons. The lowest BCUT2D eigenvalue weighted by atomic mass is 10.1. The van der Waals surface area contributed by atoms with Crippen molar-refractivity contribution in [2.45, 2.75) is 0 Å². The van der Waals surface area contributed by atoms with Crippen molar-refractivity contribution in [1.29, 1.82) is 0 Å². The maximum Gasteiger partial charge on any atom is 0.338 e. The average molecular weight is 202 g/mol. The van der Waals surface area contributed by atoms with Crippen LogP contribution < -0.4 is 0 Å². The van der Waals surface area contributed by atoms with Crippen molar-refractivity contribution in [3.63, 3.8) is 0 Å². The summed E-state index contributed by atoms with van der Waals surface area (Å²) in [5.41, 5.74) is 1.99. The zero-order valence-electron chi connectivity index (χ0n) is 8.32. The van der Waals surface area contributed by atoms with Crippen molar-refractivity contribution < 1.29 is 13.9 Å². The van der Waals surface area contributed by atoms with E-state index in [1.165, 1.54) is 7.11 Å². The van der Waals surface area contributed by atoms with Crippen molar-refractivity contribution in [1.82, 2.24) is 0 Å². The van der Waals surface area contributed by atoms with Gasteiger partial charge in [-0.15, -0.1) is 0 Å². The number of furan rings is 1. The number of carbonyl (C=O) groups excluding carboxylic acids is 1. The van der Waals surface area contributed by atoms with Gasteiger partial charge in [0.05, 0.1) is 18.9 Å². The lowest BCUT2D eigenvalue weighted by Gasteiger charge is -2.01. The number of carbonyl (C=O) groups is 1. The number of benzene rings is 1. The molecule has 0 unspecified atom stereocenters. The molecule has 0 atom stereocenters. The van der Waals surface area contributed by atoms with E-state index in [-0.39, 0.29) is 5.97 Å². The number of fused-ring (bicyclic) bond motifs is 1. The molecule has 76 valence electrons. The zero-order chi connectivity index (χ0) is 10.8. The smallest absolute Gasteiger partial charge is 0.338 e. The summed E-state index contributed by atoms with van der Waals surface area (Å²) in [6, 6.07) is 5.23. The van der Waals surface area contributed by atoms with Crippen molar-refractivity contribution in [3.05, 3.63) is 42.2 Å². The number of methoxy groups -OCH3 is 1. The molecule has 3 heteroatoms. The van der Waals surface area contributed by atoms with Crippen LogP contribution >= 0.6 is 0 Å². The maximum absolute atomic E-state index is 11.3. The Morgan fingerprint density at radius 1 is 1.53 bits per heavy atom. The fraction of sp³-hybridized carbons (Fsp3) is 0.0833. The third-order valence-corrected chi connectivity index (χ3v) is 2.24. The maximum atomic E-state index is 11.3. The number of ether oxygens (including phenoxy) is 1. The Morgan fingerprint density at radius 2 is 2.33 bits per heavy atom. The summed E-state index contributed by atoms with van der Waals surface area (Å²) in [7, 11) is 1.35. The van der Waals surface area contributed by atoms with Gasteiger partial charge in [0.1, 0.15) is 5.58 Å². The zero-order valence-corrected chi connectivity index (χ0v) is 8.32. The summed E-state index contributed by atoms with van der Waals surface area (Å²) in [5, 5.41) is 0.942. The first-order chi connectivity index (χ1) is 7.26. The highest BCUT2D eigenvalue weighted by molar-refractivity contribution is 5.97. The highest BCUT2D eigenvalue weighted by Crippen LogP contribution is 2.23. The highest BCUT2D eigenvalue weighted by Gasteiger charge is 2.10. The molecule has 0 saturated heterocycles. The van der Waals surface area contributed by atoms with E-state index in [4.69, 9.17) is 4.42 Å². The minimum atomic E-state index is -0.378. The second-order valence-electron chi connectivity index (χ2n) is 3.09. The van der Waals surface area contributed by atoms with Crippen LogP contribution in [0.5, 0.6) is 0 Å². The molecule has 0 aliphatic heterocycles. The van der Waals surface area contributed by atoms with Crippen LogP contribution in [0.1, 0.15) is 15.9 Å². The van der Waals surface area contributed by atoms with Crippen LogP contribution in [0, 0.1) is 0 Å². The van der Waals surface area contributed by atoms with E-state index in [1.807, 2.05) is 6.07 Å². The minimum absolute atomic E-state index is 0.378. The van der Waals surface area contributed by atoms with Crippen LogP contribution in [-0.4, -0.2) is 13.1 Å². The van der Waals surface area contributed by atoms with Gasteiger partial charge in [0.2, 0.25) is 0 Å². The Bertz CT molecular complexity index is 523. The second kappa shape index (κ2) is 3.61. The van der Waals surface area contributed by atoms with Gasteiger partial charge in [-0.25, -0.2) is 4.79 Å². The summed E-state index contributed by atoms with van der Waals surface area (Å²) in [6.45, 7) is 3.69. The molecule has 15 heavy (non-hydrogen) atoms. The van der Waals surface area contributed by atoms with Gasteiger partial charge in [0.25, 0.3) is 0 Å². The van der Waals surface area contributed by atoms with Crippen LogP contribution in [0.4, 0.5) is 0 Å². The first-order valence-electron chi connectivity index (χ1n) is 4.48. The largest absolute Gasteiger partial charge is 0.465 e. The van der Waals surface area contributed by atoms with Crippen LogP contribution in [0.2, 0.25) is 0 Å². The Morgan fingerprint density at radius 3 is 3.00 bits per heavy atom. The molecular weight excluding hydrogens is 192 g/mol. The first-order valence-corrected chi connectivity index (χ1v) is 4.48. The lowest BCUT2D eigenvalue weighted by molar-refractivity contribution is 0.0600. The Balaban J connectivity index is 2.68. The van der Waals surface area contributed by atoms with E-state index in [9.17, 15) is 4.79 Å². The van der Waals surface area contributed by atoms with E-state index in [1.54, 1.807) is 24.5 Å². The van der Waals surface area contributed by atoms with E-state index in [2.05, 4.69) is 11.3 Å². The van der Waals surface area contributed by atoms with Gasteiger partial charge in [-0.05, 0) is 23.8 Å². The Kier molecular flexibility index (Phi) is 2.29. The Hall–Kier alpha value is -2.03. The van der Waals surface area contributed by atoms with E-state index in [0.29, 0.717) is 11.1 Å². The standard InChI is InChI=1S/C12H10O3/c1-3-8-6-9(12(13)14-2)7-11-10(8)4-5-15-11/h3-7H,1H2,2H3. The summed E-state index contributed by atoms with van der Waals surface area (Å²) in [5.74, 6) is -0.378. The molecule has 0 aliphatic rings. The fourth-order valence-electron chi connectivity index (χ4n) is 1.50. The molecule has 2 aromatic rings. The predicted molar refractivity (Wildman–Crippen MR) is 57.6 cm³/mol. The molecule has 0 aliphatic carbocycles. The molecule has 1 aromatic carbocycles. The average Bonchev–Trinajstić information content (AvgIpc) is 2.74. The number of hydrogen-bond acceptors (Lipinski definition) is 3. The molecule has 0 saturated carbocycles. The Labute approximate surface area is 87.0 Å². The molecular formula is C12H10O3. The summed E-state index contributed by atoms with van der Waals surface area (Å²) < 4.78 is 9.89.